The lowest BCUT2D eigenvalue weighted by Crippen LogP contribution is -2.54. The van der Waals surface area contributed by atoms with Gasteiger partial charge in [-0.15, -0.1) is 0 Å². The molecule has 0 radical (unpaired) electrons. The Kier molecular flexibility index (Phi) is 7.28. The van der Waals surface area contributed by atoms with Crippen molar-refractivity contribution in [2.24, 2.45) is 11.3 Å². The predicted octanol–water partition coefficient (Wildman–Crippen LogP) is 2.03. The van der Waals surface area contributed by atoms with E-state index in [9.17, 15) is 19.2 Å². The molecule has 1 aliphatic carbocycles. The number of esters is 1. The van der Waals surface area contributed by atoms with Crippen LogP contribution in [0.2, 0.25) is 0 Å². The highest BCUT2D eigenvalue weighted by atomic mass is 16.6. The largest absolute Gasteiger partial charge is 0.467 e. The van der Waals surface area contributed by atoms with Crippen molar-refractivity contribution >= 4 is 23.9 Å². The number of amides is 3. The van der Waals surface area contributed by atoms with E-state index >= 15 is 0 Å². The van der Waals surface area contributed by atoms with Crippen molar-refractivity contribution in [2.75, 3.05) is 7.11 Å². The van der Waals surface area contributed by atoms with Gasteiger partial charge in [-0.3, -0.25) is 9.59 Å². The molecule has 1 saturated heterocycles. The van der Waals surface area contributed by atoms with E-state index in [1.54, 1.807) is 20.8 Å². The minimum Gasteiger partial charge on any atom is -0.467 e. The van der Waals surface area contributed by atoms with E-state index in [0.29, 0.717) is 12.8 Å². The predicted molar refractivity (Wildman–Crippen MR) is 114 cm³/mol. The van der Waals surface area contributed by atoms with Crippen LogP contribution in [0.25, 0.3) is 0 Å². The van der Waals surface area contributed by atoms with Gasteiger partial charge in [0.1, 0.15) is 17.7 Å². The molecule has 176 valence electrons. The number of hydrogen-bond acceptors (Lipinski definition) is 6. The van der Waals surface area contributed by atoms with E-state index in [-0.39, 0.29) is 29.2 Å². The Morgan fingerprint density at radius 2 is 1.71 bits per heavy atom. The Morgan fingerprint density at radius 1 is 1.10 bits per heavy atom. The lowest BCUT2D eigenvalue weighted by atomic mass is 9.87. The van der Waals surface area contributed by atoms with Crippen LogP contribution in [0.3, 0.4) is 0 Å². The molecule has 0 aromatic heterocycles. The maximum Gasteiger partial charge on any atom is 0.408 e. The van der Waals surface area contributed by atoms with Gasteiger partial charge in [-0.2, -0.15) is 0 Å². The first-order valence-electron chi connectivity index (χ1n) is 10.8. The van der Waals surface area contributed by atoms with Gasteiger partial charge in [0.15, 0.2) is 0 Å². The van der Waals surface area contributed by atoms with Gasteiger partial charge in [0.2, 0.25) is 11.8 Å². The number of methoxy groups -OCH3 is 1. The molecular weight excluding hydrogens is 402 g/mol. The standard InChI is InChI=1S/C22H37N3O6/c1-20(2,3)12-15(24-19(29)31-21(4,5)6)17(27)23-14(18(28)30-7)10-13-11-22(8-9-22)25-16(13)26/h13-15H,8-12H2,1-7H3,(H,23,27)(H,24,29)(H,25,26)/t13-,14+,15+/m1/s1. The van der Waals surface area contributed by atoms with Gasteiger partial charge in [-0.05, 0) is 58.3 Å². The summed E-state index contributed by atoms with van der Waals surface area (Å²) in [6, 6.07) is -1.89. The fourth-order valence-corrected chi connectivity index (χ4v) is 3.83. The molecule has 31 heavy (non-hydrogen) atoms. The van der Waals surface area contributed by atoms with E-state index in [0.717, 1.165) is 12.8 Å². The molecule has 0 aromatic carbocycles. The molecule has 2 aliphatic rings. The maximum atomic E-state index is 13.1. The fraction of sp³-hybridized carbons (Fsp3) is 0.818. The number of rotatable bonds is 7. The molecule has 9 nitrogen and oxygen atoms in total. The minimum atomic E-state index is -0.981. The second kappa shape index (κ2) is 9.04. The summed E-state index contributed by atoms with van der Waals surface area (Å²) in [6.07, 6.45) is 2.31. The summed E-state index contributed by atoms with van der Waals surface area (Å²) >= 11 is 0. The van der Waals surface area contributed by atoms with Gasteiger partial charge in [0.25, 0.3) is 0 Å². The van der Waals surface area contributed by atoms with Crippen molar-refractivity contribution in [3.05, 3.63) is 0 Å². The third-order valence-corrected chi connectivity index (χ3v) is 5.40. The second-order valence-corrected chi connectivity index (χ2v) is 11.0. The van der Waals surface area contributed by atoms with E-state index in [1.165, 1.54) is 7.11 Å². The molecule has 1 aliphatic heterocycles. The molecule has 3 N–H and O–H groups in total. The van der Waals surface area contributed by atoms with E-state index in [1.807, 2.05) is 20.8 Å². The van der Waals surface area contributed by atoms with Crippen molar-refractivity contribution < 1.29 is 28.7 Å². The van der Waals surface area contributed by atoms with Crippen LogP contribution in [0.15, 0.2) is 0 Å². The highest BCUT2D eigenvalue weighted by Gasteiger charge is 2.53. The van der Waals surface area contributed by atoms with Crippen LogP contribution in [-0.4, -0.2) is 54.2 Å². The highest BCUT2D eigenvalue weighted by molar-refractivity contribution is 5.90. The van der Waals surface area contributed by atoms with Crippen molar-refractivity contribution in [3.8, 4) is 0 Å². The van der Waals surface area contributed by atoms with E-state index in [2.05, 4.69) is 16.0 Å². The highest BCUT2D eigenvalue weighted by Crippen LogP contribution is 2.46. The summed E-state index contributed by atoms with van der Waals surface area (Å²) in [5.41, 5.74) is -1.11. The second-order valence-electron chi connectivity index (χ2n) is 11.0. The maximum absolute atomic E-state index is 13.1. The lowest BCUT2D eigenvalue weighted by Gasteiger charge is -2.29. The van der Waals surface area contributed by atoms with Crippen LogP contribution in [0.4, 0.5) is 4.79 Å². The molecule has 3 amide bonds. The zero-order valence-corrected chi connectivity index (χ0v) is 19.7. The molecule has 1 heterocycles. The first-order valence-corrected chi connectivity index (χ1v) is 10.8. The van der Waals surface area contributed by atoms with Crippen LogP contribution in [0.1, 0.15) is 73.6 Å². The number of carbonyl (C=O) groups excluding carboxylic acids is 4. The quantitative estimate of drug-likeness (QED) is 0.522. The van der Waals surface area contributed by atoms with Crippen molar-refractivity contribution in [2.45, 2.75) is 96.9 Å². The molecule has 0 unspecified atom stereocenters. The van der Waals surface area contributed by atoms with Gasteiger partial charge in [-0.25, -0.2) is 9.59 Å². The molecule has 0 bridgehead atoms. The normalized spacial score (nSPS) is 21.6. The minimum absolute atomic E-state index is 0.0984. The summed E-state index contributed by atoms with van der Waals surface area (Å²) in [4.78, 5) is 50.0. The smallest absolute Gasteiger partial charge is 0.408 e. The first kappa shape index (κ1) is 24.9. The zero-order chi connectivity index (χ0) is 23.6. The lowest BCUT2D eigenvalue weighted by molar-refractivity contribution is -0.146. The fourth-order valence-electron chi connectivity index (χ4n) is 3.83. The SMILES string of the molecule is COC(=O)[C@H](C[C@@H]1CC2(CC2)NC1=O)NC(=O)[C@H](CC(C)(C)C)NC(=O)OC(C)(C)C. The third kappa shape index (κ3) is 7.70. The monoisotopic (exact) mass is 439 g/mol. The third-order valence-electron chi connectivity index (χ3n) is 5.40. The van der Waals surface area contributed by atoms with E-state index in [4.69, 9.17) is 9.47 Å². The molecule has 3 atom stereocenters. The number of carbonyl (C=O) groups is 4. The summed E-state index contributed by atoms with van der Waals surface area (Å²) in [6.45, 7) is 11.0. The number of alkyl carbamates (subject to hydrolysis) is 1. The van der Waals surface area contributed by atoms with Gasteiger partial charge in [0, 0.05) is 11.5 Å². The average molecular weight is 440 g/mol. The van der Waals surface area contributed by atoms with Crippen LogP contribution >= 0.6 is 0 Å². The van der Waals surface area contributed by atoms with Crippen molar-refractivity contribution in [3.63, 3.8) is 0 Å². The van der Waals surface area contributed by atoms with Gasteiger partial charge in [-0.1, -0.05) is 20.8 Å². The number of ether oxygens (including phenoxy) is 2. The summed E-state index contributed by atoms with van der Waals surface area (Å²) in [7, 11) is 1.24. The van der Waals surface area contributed by atoms with Gasteiger partial charge >= 0.3 is 12.1 Å². The Bertz CT molecular complexity index is 718. The topological polar surface area (TPSA) is 123 Å². The van der Waals surface area contributed by atoms with Crippen molar-refractivity contribution in [1.82, 2.24) is 16.0 Å². The molecule has 1 spiro atoms. The van der Waals surface area contributed by atoms with Crippen LogP contribution in [0.5, 0.6) is 0 Å². The molecule has 1 saturated carbocycles. The van der Waals surface area contributed by atoms with Gasteiger partial charge in [0.05, 0.1) is 7.11 Å². The molecule has 9 heteroatoms. The Hall–Kier alpha value is -2.32. The Morgan fingerprint density at radius 3 is 2.16 bits per heavy atom. The van der Waals surface area contributed by atoms with Gasteiger partial charge < -0.3 is 25.4 Å². The summed E-state index contributed by atoms with van der Waals surface area (Å²) in [5.74, 6) is -1.61. The molecular formula is C22H37N3O6. The Balaban J connectivity index is 2.09. The van der Waals surface area contributed by atoms with E-state index < -0.39 is 35.7 Å². The molecule has 2 fully saturated rings. The van der Waals surface area contributed by atoms with Crippen LogP contribution < -0.4 is 16.0 Å². The van der Waals surface area contributed by atoms with Crippen LogP contribution in [-0.2, 0) is 23.9 Å². The Labute approximate surface area is 184 Å². The summed E-state index contributed by atoms with van der Waals surface area (Å²) in [5, 5.41) is 8.30. The average Bonchev–Trinajstić information content (AvgIpc) is 3.27. The number of nitrogens with one attached hydrogen (secondary N) is 3. The van der Waals surface area contributed by atoms with Crippen molar-refractivity contribution in [1.29, 1.82) is 0 Å². The molecule has 2 rings (SSSR count). The zero-order valence-electron chi connectivity index (χ0n) is 19.7. The van der Waals surface area contributed by atoms with Crippen LogP contribution in [0, 0.1) is 11.3 Å². The molecule has 0 aromatic rings. The number of hydrogen-bond donors (Lipinski definition) is 3. The first-order chi connectivity index (χ1) is 14.1. The summed E-state index contributed by atoms with van der Waals surface area (Å²) < 4.78 is 10.1.